The normalized spacial score (nSPS) is 16.6. The molecule has 0 unspecified atom stereocenters. The summed E-state index contributed by atoms with van der Waals surface area (Å²) in [6.07, 6.45) is -0.149. The maximum Gasteiger partial charge on any atom is 0.295 e. The molecule has 1 atom stereocenters. The van der Waals surface area contributed by atoms with Gasteiger partial charge in [-0.3, -0.25) is 10.1 Å². The van der Waals surface area contributed by atoms with Crippen molar-refractivity contribution in [1.82, 2.24) is 0 Å². The third-order valence-electron chi connectivity index (χ3n) is 3.60. The Balaban J connectivity index is 2.23. The summed E-state index contributed by atoms with van der Waals surface area (Å²) in [6.45, 7) is 0. The first-order valence-corrected chi connectivity index (χ1v) is 6.84. The highest BCUT2D eigenvalue weighted by molar-refractivity contribution is 5.82. The topological polar surface area (TPSA) is 69.4 Å². The van der Waals surface area contributed by atoms with Crippen LogP contribution in [0.25, 0.3) is 5.57 Å². The molecule has 0 spiro atoms. The fourth-order valence-electron chi connectivity index (χ4n) is 2.66. The van der Waals surface area contributed by atoms with Crippen LogP contribution in [0.3, 0.4) is 0 Å². The Hall–Kier alpha value is -2.95. The molecule has 5 heteroatoms. The molecule has 0 saturated carbocycles. The molecule has 0 amide bonds. The Labute approximate surface area is 127 Å². The van der Waals surface area contributed by atoms with Gasteiger partial charge in [-0.2, -0.15) is 0 Å². The second-order valence-electron chi connectivity index (χ2n) is 4.90. The largest absolute Gasteiger partial charge is 0.474 e. The van der Waals surface area contributed by atoms with E-state index >= 15 is 0 Å². The van der Waals surface area contributed by atoms with E-state index in [2.05, 4.69) is 0 Å². The second kappa shape index (κ2) is 5.81. The molecule has 0 N–H and O–H groups in total. The molecule has 0 aliphatic carbocycles. The number of allylic oxidation sites excluding steroid dienone is 1. The predicted octanol–water partition coefficient (Wildman–Crippen LogP) is 3.40. The zero-order valence-electron chi connectivity index (χ0n) is 11.6. The van der Waals surface area contributed by atoms with Crippen LogP contribution < -0.4 is 4.74 Å². The van der Waals surface area contributed by atoms with Crippen molar-refractivity contribution >= 4 is 11.9 Å². The molecule has 0 saturated heterocycles. The lowest BCUT2D eigenvalue weighted by molar-refractivity contribution is -0.435. The second-order valence-corrected chi connectivity index (χ2v) is 4.90. The number of rotatable bonds is 4. The van der Waals surface area contributed by atoms with Crippen molar-refractivity contribution in [2.45, 2.75) is 12.5 Å². The number of fused-ring (bicyclic) bond motifs is 1. The number of nitro groups is 1. The molecule has 1 aliphatic rings. The molecular formula is C17H13NO4. The number of ether oxygens (including phenoxy) is 1. The van der Waals surface area contributed by atoms with E-state index in [9.17, 15) is 14.9 Å². The SMILES string of the molecule is O=CCC1=C([N+](=O)[O-])[C@H](c2ccccc2)Oc2ccccc21. The number of nitrogens with zero attached hydrogens (tertiary/aromatic N) is 1. The van der Waals surface area contributed by atoms with Crippen molar-refractivity contribution in [2.24, 2.45) is 0 Å². The van der Waals surface area contributed by atoms with Crippen molar-refractivity contribution in [2.75, 3.05) is 0 Å². The summed E-state index contributed by atoms with van der Waals surface area (Å²) in [4.78, 5) is 22.1. The van der Waals surface area contributed by atoms with Gasteiger partial charge in [0.15, 0.2) is 0 Å². The van der Waals surface area contributed by atoms with Gasteiger partial charge in [0.1, 0.15) is 12.0 Å². The number of hydrogen-bond donors (Lipinski definition) is 0. The number of carbonyl (C=O) groups is 1. The molecule has 0 fully saturated rings. The smallest absolute Gasteiger partial charge is 0.295 e. The lowest BCUT2D eigenvalue weighted by Crippen LogP contribution is -2.22. The predicted molar refractivity (Wildman–Crippen MR) is 80.8 cm³/mol. The van der Waals surface area contributed by atoms with Crippen molar-refractivity contribution in [3.8, 4) is 5.75 Å². The quantitative estimate of drug-likeness (QED) is 0.492. The molecule has 1 heterocycles. The molecule has 3 rings (SSSR count). The van der Waals surface area contributed by atoms with Gasteiger partial charge in [-0.25, -0.2) is 0 Å². The molecule has 2 aromatic rings. The molecule has 0 bridgehead atoms. The molecular weight excluding hydrogens is 282 g/mol. The highest BCUT2D eigenvalue weighted by Crippen LogP contribution is 2.43. The van der Waals surface area contributed by atoms with Crippen LogP contribution in [-0.2, 0) is 4.79 Å². The van der Waals surface area contributed by atoms with Crippen molar-refractivity contribution in [3.63, 3.8) is 0 Å². The Kier molecular flexibility index (Phi) is 3.70. The van der Waals surface area contributed by atoms with Gasteiger partial charge in [0.2, 0.25) is 6.10 Å². The molecule has 22 heavy (non-hydrogen) atoms. The van der Waals surface area contributed by atoms with Crippen LogP contribution in [-0.4, -0.2) is 11.2 Å². The maximum absolute atomic E-state index is 11.6. The Bertz CT molecular complexity index is 752. The van der Waals surface area contributed by atoms with E-state index in [4.69, 9.17) is 4.74 Å². The summed E-state index contributed by atoms with van der Waals surface area (Å²) >= 11 is 0. The van der Waals surface area contributed by atoms with Gasteiger partial charge in [0.05, 0.1) is 4.92 Å². The standard InChI is InChI=1S/C17H13NO4/c19-11-10-14-13-8-4-5-9-15(13)22-17(16(14)18(20)21)12-6-2-1-3-7-12/h1-9,11,17H,10H2/t17-/m0/s1. The molecule has 110 valence electrons. The van der Waals surface area contributed by atoms with E-state index < -0.39 is 11.0 Å². The number of carbonyl (C=O) groups excluding carboxylic acids is 1. The Morgan fingerprint density at radius 3 is 2.45 bits per heavy atom. The fraction of sp³-hybridized carbons (Fsp3) is 0.118. The molecule has 2 aromatic carbocycles. The molecule has 0 aromatic heterocycles. The van der Waals surface area contributed by atoms with Crippen LogP contribution in [0, 0.1) is 10.1 Å². The molecule has 5 nitrogen and oxygen atoms in total. The highest BCUT2D eigenvalue weighted by atomic mass is 16.6. The minimum atomic E-state index is -0.818. The van der Waals surface area contributed by atoms with Crippen LogP contribution in [0.4, 0.5) is 0 Å². The Morgan fingerprint density at radius 2 is 1.77 bits per heavy atom. The van der Waals surface area contributed by atoms with Crippen LogP contribution in [0.2, 0.25) is 0 Å². The van der Waals surface area contributed by atoms with Gasteiger partial charge in [0.25, 0.3) is 5.70 Å². The van der Waals surface area contributed by atoms with Crippen LogP contribution in [0.5, 0.6) is 5.75 Å². The molecule has 0 radical (unpaired) electrons. The van der Waals surface area contributed by atoms with Crippen molar-refractivity contribution < 1.29 is 14.5 Å². The van der Waals surface area contributed by atoms with Gasteiger partial charge in [0, 0.05) is 23.1 Å². The van der Waals surface area contributed by atoms with E-state index in [0.717, 1.165) is 0 Å². The minimum Gasteiger partial charge on any atom is -0.474 e. The summed E-state index contributed by atoms with van der Waals surface area (Å²) in [6, 6.07) is 16.1. The van der Waals surface area contributed by atoms with Gasteiger partial charge in [-0.15, -0.1) is 0 Å². The number of aldehydes is 1. The third kappa shape index (κ3) is 2.37. The number of para-hydroxylation sites is 1. The lowest BCUT2D eigenvalue weighted by atomic mass is 9.92. The zero-order valence-corrected chi connectivity index (χ0v) is 11.6. The summed E-state index contributed by atoms with van der Waals surface area (Å²) < 4.78 is 5.85. The van der Waals surface area contributed by atoms with E-state index in [1.165, 1.54) is 0 Å². The minimum absolute atomic E-state index is 0.0139. The van der Waals surface area contributed by atoms with E-state index in [0.29, 0.717) is 28.7 Å². The van der Waals surface area contributed by atoms with Crippen molar-refractivity contribution in [1.29, 1.82) is 0 Å². The van der Waals surface area contributed by atoms with E-state index in [-0.39, 0.29) is 12.1 Å². The summed E-state index contributed by atoms with van der Waals surface area (Å²) in [5, 5.41) is 11.6. The number of hydrogen-bond acceptors (Lipinski definition) is 4. The summed E-state index contributed by atoms with van der Waals surface area (Å²) in [7, 11) is 0. The third-order valence-corrected chi connectivity index (χ3v) is 3.60. The van der Waals surface area contributed by atoms with Gasteiger partial charge >= 0.3 is 0 Å². The average Bonchev–Trinajstić information content (AvgIpc) is 2.55. The van der Waals surface area contributed by atoms with Crippen LogP contribution in [0.1, 0.15) is 23.7 Å². The number of benzene rings is 2. The first-order valence-electron chi connectivity index (χ1n) is 6.84. The van der Waals surface area contributed by atoms with Gasteiger partial charge < -0.3 is 9.53 Å². The maximum atomic E-state index is 11.6. The fourth-order valence-corrected chi connectivity index (χ4v) is 2.66. The summed E-state index contributed by atoms with van der Waals surface area (Å²) in [5.41, 5.74) is 1.63. The van der Waals surface area contributed by atoms with E-state index in [1.807, 2.05) is 6.07 Å². The van der Waals surface area contributed by atoms with Crippen LogP contribution in [0.15, 0.2) is 60.3 Å². The van der Waals surface area contributed by atoms with Gasteiger partial charge in [-0.05, 0) is 6.07 Å². The zero-order chi connectivity index (χ0) is 15.5. The van der Waals surface area contributed by atoms with Crippen molar-refractivity contribution in [3.05, 3.63) is 81.5 Å². The molecule has 1 aliphatic heterocycles. The highest BCUT2D eigenvalue weighted by Gasteiger charge is 2.37. The first kappa shape index (κ1) is 14.0. The first-order chi connectivity index (χ1) is 10.7. The van der Waals surface area contributed by atoms with Gasteiger partial charge in [-0.1, -0.05) is 48.5 Å². The van der Waals surface area contributed by atoms with E-state index in [1.54, 1.807) is 48.5 Å². The summed E-state index contributed by atoms with van der Waals surface area (Å²) in [5.74, 6) is 0.554. The average molecular weight is 295 g/mol. The lowest BCUT2D eigenvalue weighted by Gasteiger charge is -2.26. The van der Waals surface area contributed by atoms with Crippen LogP contribution >= 0.6 is 0 Å². The monoisotopic (exact) mass is 295 g/mol. The Morgan fingerprint density at radius 1 is 1.09 bits per heavy atom.